The van der Waals surface area contributed by atoms with Crippen molar-refractivity contribution in [2.45, 2.75) is 18.2 Å². The molecule has 0 aromatic heterocycles. The quantitative estimate of drug-likeness (QED) is 0.842. The van der Waals surface area contributed by atoms with Crippen molar-refractivity contribution >= 4 is 15.7 Å². The van der Waals surface area contributed by atoms with Crippen LogP contribution in [0, 0.1) is 6.92 Å². The van der Waals surface area contributed by atoms with Crippen LogP contribution >= 0.6 is 0 Å². The molecule has 0 unspecified atom stereocenters. The second-order valence-electron chi connectivity index (χ2n) is 4.73. The lowest BCUT2D eigenvalue weighted by Crippen LogP contribution is -2.33. The highest BCUT2D eigenvalue weighted by Gasteiger charge is 2.29. The molecule has 1 heterocycles. The van der Waals surface area contributed by atoms with Gasteiger partial charge in [0.05, 0.1) is 13.7 Å². The lowest BCUT2D eigenvalue weighted by atomic mass is 10.2. The van der Waals surface area contributed by atoms with Gasteiger partial charge in [-0.25, -0.2) is 8.42 Å². The first kappa shape index (κ1) is 15.1. The molecule has 1 saturated heterocycles. The summed E-state index contributed by atoms with van der Waals surface area (Å²) in [6.07, 6.45) is 0.683. The summed E-state index contributed by atoms with van der Waals surface area (Å²) in [5, 5.41) is 0. The van der Waals surface area contributed by atoms with Gasteiger partial charge in [0.25, 0.3) is 0 Å². The van der Waals surface area contributed by atoms with E-state index < -0.39 is 10.0 Å². The molecule has 2 rings (SSSR count). The van der Waals surface area contributed by atoms with Gasteiger partial charge in [0.1, 0.15) is 10.6 Å². The van der Waals surface area contributed by atoms with Crippen LogP contribution < -0.4 is 10.5 Å². The molecule has 6 nitrogen and oxygen atoms in total. The summed E-state index contributed by atoms with van der Waals surface area (Å²) < 4.78 is 37.3. The Hall–Kier alpha value is -1.31. The molecular formula is C13H20N2O4S. The highest BCUT2D eigenvalue weighted by Crippen LogP contribution is 2.31. The fourth-order valence-corrected chi connectivity index (χ4v) is 3.78. The predicted molar refractivity (Wildman–Crippen MR) is 76.3 cm³/mol. The van der Waals surface area contributed by atoms with Gasteiger partial charge in [-0.2, -0.15) is 4.31 Å². The van der Waals surface area contributed by atoms with Gasteiger partial charge in [0, 0.05) is 25.4 Å². The molecule has 0 radical (unpaired) electrons. The number of nitrogen functional groups attached to an aromatic ring is 1. The molecule has 1 aliphatic heterocycles. The minimum Gasteiger partial charge on any atom is -0.495 e. The highest BCUT2D eigenvalue weighted by molar-refractivity contribution is 7.89. The van der Waals surface area contributed by atoms with E-state index in [0.717, 1.165) is 5.56 Å². The van der Waals surface area contributed by atoms with Crippen molar-refractivity contribution in [1.82, 2.24) is 4.31 Å². The number of hydrogen-bond acceptors (Lipinski definition) is 5. The standard InChI is InChI=1S/C13H20N2O4S/c1-10-8-12(18-2)13(9-11(10)14)20(16,17)15-4-3-6-19-7-5-15/h8-9H,3-7,14H2,1-2H3. The molecule has 1 fully saturated rings. The van der Waals surface area contributed by atoms with Gasteiger partial charge in [0.15, 0.2) is 0 Å². The van der Waals surface area contributed by atoms with Gasteiger partial charge in [-0.05, 0) is 31.0 Å². The van der Waals surface area contributed by atoms with E-state index in [1.165, 1.54) is 17.5 Å². The average molecular weight is 300 g/mol. The van der Waals surface area contributed by atoms with Crippen LogP contribution in [-0.2, 0) is 14.8 Å². The average Bonchev–Trinajstić information content (AvgIpc) is 2.70. The first-order chi connectivity index (χ1) is 9.46. The minimum atomic E-state index is -3.62. The normalized spacial score (nSPS) is 17.7. The van der Waals surface area contributed by atoms with Crippen molar-refractivity contribution in [3.63, 3.8) is 0 Å². The first-order valence-electron chi connectivity index (χ1n) is 6.49. The molecule has 0 bridgehead atoms. The predicted octanol–water partition coefficient (Wildman–Crippen LogP) is 0.997. The smallest absolute Gasteiger partial charge is 0.246 e. The van der Waals surface area contributed by atoms with Gasteiger partial charge >= 0.3 is 0 Å². The van der Waals surface area contributed by atoms with E-state index in [-0.39, 0.29) is 4.90 Å². The van der Waals surface area contributed by atoms with Crippen molar-refractivity contribution < 1.29 is 17.9 Å². The summed E-state index contributed by atoms with van der Waals surface area (Å²) in [7, 11) is -2.17. The van der Waals surface area contributed by atoms with Crippen LogP contribution in [0.3, 0.4) is 0 Å². The number of sulfonamides is 1. The monoisotopic (exact) mass is 300 g/mol. The Morgan fingerprint density at radius 1 is 1.30 bits per heavy atom. The molecule has 2 N–H and O–H groups in total. The Kier molecular flexibility index (Phi) is 4.52. The lowest BCUT2D eigenvalue weighted by Gasteiger charge is -2.21. The molecule has 112 valence electrons. The molecule has 0 aliphatic carbocycles. The van der Waals surface area contributed by atoms with Crippen LogP contribution in [-0.4, -0.2) is 46.1 Å². The second-order valence-corrected chi connectivity index (χ2v) is 6.64. The van der Waals surface area contributed by atoms with Crippen LogP contribution in [0.1, 0.15) is 12.0 Å². The van der Waals surface area contributed by atoms with Gasteiger partial charge in [-0.1, -0.05) is 0 Å². The number of methoxy groups -OCH3 is 1. The summed E-state index contributed by atoms with van der Waals surface area (Å²) in [4.78, 5) is 0.116. The fraction of sp³-hybridized carbons (Fsp3) is 0.538. The van der Waals surface area contributed by atoms with Gasteiger partial charge in [-0.15, -0.1) is 0 Å². The zero-order valence-corrected chi connectivity index (χ0v) is 12.6. The van der Waals surface area contributed by atoms with Crippen LogP contribution in [0.5, 0.6) is 5.75 Å². The summed E-state index contributed by atoms with van der Waals surface area (Å²) >= 11 is 0. The van der Waals surface area contributed by atoms with E-state index in [9.17, 15) is 8.42 Å². The Morgan fingerprint density at radius 2 is 2.05 bits per heavy atom. The van der Waals surface area contributed by atoms with E-state index in [0.29, 0.717) is 44.2 Å². The van der Waals surface area contributed by atoms with Crippen LogP contribution in [0.15, 0.2) is 17.0 Å². The van der Waals surface area contributed by atoms with E-state index in [2.05, 4.69) is 0 Å². The van der Waals surface area contributed by atoms with E-state index >= 15 is 0 Å². The van der Waals surface area contributed by atoms with Crippen LogP contribution in [0.25, 0.3) is 0 Å². The summed E-state index contributed by atoms with van der Waals surface area (Å²) in [6.45, 7) is 3.59. The van der Waals surface area contributed by atoms with E-state index in [1.54, 1.807) is 6.07 Å². The number of aryl methyl sites for hydroxylation is 1. The maximum absolute atomic E-state index is 12.7. The minimum absolute atomic E-state index is 0.116. The molecule has 0 amide bonds. The highest BCUT2D eigenvalue weighted by atomic mass is 32.2. The first-order valence-corrected chi connectivity index (χ1v) is 7.93. The molecule has 0 atom stereocenters. The lowest BCUT2D eigenvalue weighted by molar-refractivity contribution is 0.148. The molecular weight excluding hydrogens is 280 g/mol. The number of ether oxygens (including phenoxy) is 2. The van der Waals surface area contributed by atoms with Crippen molar-refractivity contribution in [2.24, 2.45) is 0 Å². The van der Waals surface area contributed by atoms with E-state index in [1.807, 2.05) is 6.92 Å². The topological polar surface area (TPSA) is 81.9 Å². The maximum atomic E-state index is 12.7. The molecule has 1 aliphatic rings. The number of nitrogens with zero attached hydrogens (tertiary/aromatic N) is 1. The second kappa shape index (κ2) is 5.99. The molecule has 0 saturated carbocycles. The number of rotatable bonds is 3. The Labute approximate surface area is 119 Å². The number of anilines is 1. The summed E-state index contributed by atoms with van der Waals surface area (Å²) in [5.41, 5.74) is 7.07. The molecule has 0 spiro atoms. The number of hydrogen-bond donors (Lipinski definition) is 1. The van der Waals surface area contributed by atoms with Crippen LogP contribution in [0.2, 0.25) is 0 Å². The Bertz CT molecular complexity index is 578. The van der Waals surface area contributed by atoms with Gasteiger partial charge in [0.2, 0.25) is 10.0 Å². The van der Waals surface area contributed by atoms with Crippen molar-refractivity contribution in [3.8, 4) is 5.75 Å². The maximum Gasteiger partial charge on any atom is 0.246 e. The third kappa shape index (κ3) is 2.89. The van der Waals surface area contributed by atoms with Crippen molar-refractivity contribution in [3.05, 3.63) is 17.7 Å². The summed E-state index contributed by atoms with van der Waals surface area (Å²) in [5.74, 6) is 0.321. The SMILES string of the molecule is COc1cc(C)c(N)cc1S(=O)(=O)N1CCCOCC1. The van der Waals surface area contributed by atoms with Crippen LogP contribution in [0.4, 0.5) is 5.69 Å². The summed E-state index contributed by atoms with van der Waals surface area (Å²) in [6, 6.07) is 3.12. The fourth-order valence-electron chi connectivity index (χ4n) is 2.14. The number of nitrogens with two attached hydrogens (primary N) is 1. The Morgan fingerprint density at radius 3 is 2.75 bits per heavy atom. The molecule has 1 aromatic rings. The van der Waals surface area contributed by atoms with Gasteiger partial charge in [-0.3, -0.25) is 0 Å². The number of benzene rings is 1. The molecule has 20 heavy (non-hydrogen) atoms. The molecule has 7 heteroatoms. The third-order valence-electron chi connectivity index (χ3n) is 3.35. The Balaban J connectivity index is 2.45. The zero-order chi connectivity index (χ0) is 14.8. The van der Waals surface area contributed by atoms with E-state index in [4.69, 9.17) is 15.2 Å². The van der Waals surface area contributed by atoms with Crippen molar-refractivity contribution in [1.29, 1.82) is 0 Å². The third-order valence-corrected chi connectivity index (χ3v) is 5.27. The largest absolute Gasteiger partial charge is 0.495 e. The zero-order valence-electron chi connectivity index (χ0n) is 11.8. The van der Waals surface area contributed by atoms with Gasteiger partial charge < -0.3 is 15.2 Å². The molecule has 1 aromatic carbocycles. The van der Waals surface area contributed by atoms with Crippen molar-refractivity contribution in [2.75, 3.05) is 39.1 Å².